The lowest BCUT2D eigenvalue weighted by atomic mass is 10.2. The van der Waals surface area contributed by atoms with Crippen molar-refractivity contribution in [3.05, 3.63) is 77.7 Å². The molecule has 7 nitrogen and oxygen atoms in total. The van der Waals surface area contributed by atoms with E-state index in [9.17, 15) is 13.2 Å². The van der Waals surface area contributed by atoms with Crippen molar-refractivity contribution in [1.82, 2.24) is 4.31 Å². The van der Waals surface area contributed by atoms with Crippen LogP contribution in [0.15, 0.2) is 76.3 Å². The first-order chi connectivity index (χ1) is 15.9. The monoisotopic (exact) mass is 484 g/mol. The van der Waals surface area contributed by atoms with Crippen molar-refractivity contribution in [1.29, 1.82) is 0 Å². The number of carbonyl (C=O) groups excluding carboxylic acids is 1. The summed E-state index contributed by atoms with van der Waals surface area (Å²) in [6.07, 6.45) is 3.79. The first-order valence-corrected chi connectivity index (χ1v) is 12.7. The highest BCUT2D eigenvalue weighted by Crippen LogP contribution is 2.34. The summed E-state index contributed by atoms with van der Waals surface area (Å²) < 4.78 is 38.1. The standard InChI is InChI=1S/C24H24N2O5S2/c1-25(33(28,29)24-10-6-16-32-24)18-23(27)26(13-5-9-19-7-3-2-4-8-19)20-11-12-21-22(17-20)31-15-14-30-21/h2-12,16-17H,13-15,18H2,1H3. The Bertz CT molecular complexity index is 1230. The number of fused-ring (bicyclic) bond motifs is 1. The second kappa shape index (κ2) is 10.2. The number of carbonyl (C=O) groups is 1. The lowest BCUT2D eigenvalue weighted by molar-refractivity contribution is -0.118. The van der Waals surface area contributed by atoms with Gasteiger partial charge in [-0.15, -0.1) is 11.3 Å². The lowest BCUT2D eigenvalue weighted by Gasteiger charge is -2.26. The zero-order valence-corrected chi connectivity index (χ0v) is 19.7. The number of rotatable bonds is 8. The summed E-state index contributed by atoms with van der Waals surface area (Å²) >= 11 is 1.12. The first-order valence-electron chi connectivity index (χ1n) is 10.4. The SMILES string of the molecule is CN(CC(=O)N(CC=Cc1ccccc1)c1ccc2c(c1)OCCO2)S(=O)(=O)c1cccs1. The van der Waals surface area contributed by atoms with Crippen LogP contribution in [-0.4, -0.2) is 52.0 Å². The van der Waals surface area contributed by atoms with E-state index in [2.05, 4.69) is 0 Å². The van der Waals surface area contributed by atoms with Crippen LogP contribution in [0.2, 0.25) is 0 Å². The van der Waals surface area contributed by atoms with E-state index in [-0.39, 0.29) is 23.2 Å². The molecular weight excluding hydrogens is 460 g/mol. The second-order valence-electron chi connectivity index (χ2n) is 7.34. The van der Waals surface area contributed by atoms with Crippen LogP contribution in [0.5, 0.6) is 11.5 Å². The molecule has 0 unspecified atom stereocenters. The van der Waals surface area contributed by atoms with Crippen LogP contribution >= 0.6 is 11.3 Å². The summed E-state index contributed by atoms with van der Waals surface area (Å²) in [6, 6.07) is 18.2. The summed E-state index contributed by atoms with van der Waals surface area (Å²) in [7, 11) is -2.33. The predicted octanol–water partition coefficient (Wildman–Crippen LogP) is 3.89. The van der Waals surface area contributed by atoms with Gasteiger partial charge in [0.15, 0.2) is 11.5 Å². The van der Waals surface area contributed by atoms with Crippen molar-refractivity contribution in [2.45, 2.75) is 4.21 Å². The molecule has 172 valence electrons. The molecule has 4 rings (SSSR count). The van der Waals surface area contributed by atoms with Gasteiger partial charge in [0.25, 0.3) is 10.0 Å². The van der Waals surface area contributed by atoms with E-state index in [0.29, 0.717) is 30.4 Å². The van der Waals surface area contributed by atoms with Crippen LogP contribution in [0.3, 0.4) is 0 Å². The molecule has 0 radical (unpaired) electrons. The second-order valence-corrected chi connectivity index (χ2v) is 10.6. The maximum absolute atomic E-state index is 13.3. The Kier molecular flexibility index (Phi) is 7.12. The Morgan fingerprint density at radius 1 is 1.03 bits per heavy atom. The first kappa shape index (κ1) is 23.0. The molecule has 1 aromatic heterocycles. The Morgan fingerprint density at radius 3 is 2.52 bits per heavy atom. The van der Waals surface area contributed by atoms with Crippen LogP contribution < -0.4 is 14.4 Å². The minimum absolute atomic E-state index is 0.202. The summed E-state index contributed by atoms with van der Waals surface area (Å²) in [4.78, 5) is 14.8. The number of amides is 1. The molecule has 0 fully saturated rings. The highest BCUT2D eigenvalue weighted by molar-refractivity contribution is 7.91. The Hall–Kier alpha value is -3.14. The normalized spacial score (nSPS) is 13.4. The zero-order valence-electron chi connectivity index (χ0n) is 18.1. The maximum Gasteiger partial charge on any atom is 0.252 e. The van der Waals surface area contributed by atoms with Gasteiger partial charge < -0.3 is 14.4 Å². The minimum atomic E-state index is -3.74. The molecule has 0 saturated heterocycles. The Balaban J connectivity index is 1.57. The van der Waals surface area contributed by atoms with Crippen molar-refractivity contribution in [2.24, 2.45) is 0 Å². The number of thiophene rings is 1. The van der Waals surface area contributed by atoms with E-state index in [1.54, 1.807) is 29.6 Å². The number of nitrogens with zero attached hydrogens (tertiary/aromatic N) is 2. The minimum Gasteiger partial charge on any atom is -0.486 e. The summed E-state index contributed by atoms with van der Waals surface area (Å²) in [5.74, 6) is 0.824. The van der Waals surface area contributed by atoms with Gasteiger partial charge in [-0.25, -0.2) is 8.42 Å². The quantitative estimate of drug-likeness (QED) is 0.485. The number of likely N-dealkylation sites (N-methyl/N-ethyl adjacent to an activating group) is 1. The lowest BCUT2D eigenvalue weighted by Crippen LogP contribution is -2.41. The smallest absolute Gasteiger partial charge is 0.252 e. The van der Waals surface area contributed by atoms with Crippen LogP contribution in [0.4, 0.5) is 5.69 Å². The molecule has 0 bridgehead atoms. The molecule has 1 aliphatic rings. The van der Waals surface area contributed by atoms with Gasteiger partial charge in [0.2, 0.25) is 5.91 Å². The molecule has 1 amide bonds. The molecule has 3 aromatic rings. The van der Waals surface area contributed by atoms with Gasteiger partial charge in [-0.3, -0.25) is 4.79 Å². The largest absolute Gasteiger partial charge is 0.486 e. The topological polar surface area (TPSA) is 76.2 Å². The summed E-state index contributed by atoms with van der Waals surface area (Å²) in [6.45, 7) is 0.869. The van der Waals surface area contributed by atoms with Crippen molar-refractivity contribution >= 4 is 39.0 Å². The average Bonchev–Trinajstić information content (AvgIpc) is 3.38. The fourth-order valence-electron chi connectivity index (χ4n) is 3.33. The number of hydrogen-bond acceptors (Lipinski definition) is 6. The van der Waals surface area contributed by atoms with Crippen molar-refractivity contribution in [3.63, 3.8) is 0 Å². The van der Waals surface area contributed by atoms with Gasteiger partial charge in [0, 0.05) is 25.3 Å². The summed E-state index contributed by atoms with van der Waals surface area (Å²) in [5, 5.41) is 1.69. The van der Waals surface area contributed by atoms with E-state index in [4.69, 9.17) is 9.47 Å². The molecule has 0 spiro atoms. The fraction of sp³-hybridized carbons (Fsp3) is 0.208. The molecule has 2 heterocycles. The third-order valence-corrected chi connectivity index (χ3v) is 8.23. The van der Waals surface area contributed by atoms with E-state index in [1.807, 2.05) is 42.5 Å². The van der Waals surface area contributed by atoms with E-state index in [1.165, 1.54) is 18.0 Å². The van der Waals surface area contributed by atoms with Crippen LogP contribution in [-0.2, 0) is 14.8 Å². The predicted molar refractivity (Wildman–Crippen MR) is 129 cm³/mol. The van der Waals surface area contributed by atoms with Gasteiger partial charge in [-0.05, 0) is 29.1 Å². The number of hydrogen-bond donors (Lipinski definition) is 0. The number of sulfonamides is 1. The fourth-order valence-corrected chi connectivity index (χ4v) is 5.66. The zero-order chi connectivity index (χ0) is 23.3. The van der Waals surface area contributed by atoms with Crippen molar-refractivity contribution < 1.29 is 22.7 Å². The van der Waals surface area contributed by atoms with Crippen molar-refractivity contribution in [3.8, 4) is 11.5 Å². The van der Waals surface area contributed by atoms with Gasteiger partial charge in [-0.2, -0.15) is 4.31 Å². The average molecular weight is 485 g/mol. The third-order valence-electron chi connectivity index (χ3n) is 5.05. The molecule has 0 N–H and O–H groups in total. The van der Waals surface area contributed by atoms with E-state index < -0.39 is 10.0 Å². The summed E-state index contributed by atoms with van der Waals surface area (Å²) in [5.41, 5.74) is 1.60. The van der Waals surface area contributed by atoms with Crippen LogP contribution in [0.1, 0.15) is 5.56 Å². The molecule has 1 aliphatic heterocycles. The number of ether oxygens (including phenoxy) is 2. The molecule has 0 saturated carbocycles. The van der Waals surface area contributed by atoms with Gasteiger partial charge >= 0.3 is 0 Å². The van der Waals surface area contributed by atoms with Gasteiger partial charge in [0.1, 0.15) is 17.4 Å². The number of benzene rings is 2. The Morgan fingerprint density at radius 2 is 1.79 bits per heavy atom. The highest BCUT2D eigenvalue weighted by Gasteiger charge is 2.27. The number of anilines is 1. The van der Waals surface area contributed by atoms with Crippen LogP contribution in [0.25, 0.3) is 6.08 Å². The van der Waals surface area contributed by atoms with Crippen LogP contribution in [0, 0.1) is 0 Å². The van der Waals surface area contributed by atoms with Gasteiger partial charge in [-0.1, -0.05) is 48.6 Å². The molecular formula is C24H24N2O5S2. The molecule has 33 heavy (non-hydrogen) atoms. The Labute approximate surface area is 197 Å². The maximum atomic E-state index is 13.3. The van der Waals surface area contributed by atoms with E-state index >= 15 is 0 Å². The van der Waals surface area contributed by atoms with Crippen molar-refractivity contribution in [2.75, 3.05) is 38.3 Å². The molecule has 9 heteroatoms. The third kappa shape index (κ3) is 5.44. The molecule has 2 aromatic carbocycles. The highest BCUT2D eigenvalue weighted by atomic mass is 32.2. The molecule has 0 aliphatic carbocycles. The molecule has 0 atom stereocenters. The van der Waals surface area contributed by atoms with E-state index in [0.717, 1.165) is 21.2 Å². The van der Waals surface area contributed by atoms with Gasteiger partial charge in [0.05, 0.1) is 6.54 Å².